The molecule has 5 heteroatoms. The molecule has 0 saturated heterocycles. The van der Waals surface area contributed by atoms with Crippen molar-refractivity contribution in [2.24, 2.45) is 0 Å². The van der Waals surface area contributed by atoms with Crippen molar-refractivity contribution in [3.05, 3.63) is 12.3 Å². The summed E-state index contributed by atoms with van der Waals surface area (Å²) in [6.07, 6.45) is 8.07. The van der Waals surface area contributed by atoms with Crippen LogP contribution in [0.5, 0.6) is 0 Å². The maximum absolute atomic E-state index is 9.31. The minimum atomic E-state index is 0.164. The van der Waals surface area contributed by atoms with Crippen LogP contribution in [-0.4, -0.2) is 48.4 Å². The standard InChI is InChI=1S/C14H24N4O/c1-17(2)14-15-9-8-13(16-14)18(10-11-19)12-6-4-3-5-7-12/h8-9,12,19H,3-7,10-11H2,1-2H3. The predicted octanol–water partition coefficient (Wildman–Crippen LogP) is 1.67. The largest absolute Gasteiger partial charge is 0.395 e. The summed E-state index contributed by atoms with van der Waals surface area (Å²) in [6, 6.07) is 2.45. The molecule has 2 rings (SSSR count). The maximum Gasteiger partial charge on any atom is 0.226 e. The van der Waals surface area contributed by atoms with E-state index in [1.165, 1.54) is 32.1 Å². The monoisotopic (exact) mass is 264 g/mol. The highest BCUT2D eigenvalue weighted by Crippen LogP contribution is 2.26. The van der Waals surface area contributed by atoms with Crippen LogP contribution < -0.4 is 9.80 Å². The number of aliphatic hydroxyl groups excluding tert-OH is 1. The van der Waals surface area contributed by atoms with Gasteiger partial charge in [0.1, 0.15) is 5.82 Å². The van der Waals surface area contributed by atoms with Gasteiger partial charge < -0.3 is 14.9 Å². The second kappa shape index (κ2) is 6.70. The molecule has 0 amide bonds. The molecule has 1 N–H and O–H groups in total. The Morgan fingerprint density at radius 2 is 2.00 bits per heavy atom. The summed E-state index contributed by atoms with van der Waals surface area (Å²) in [5.74, 6) is 1.65. The van der Waals surface area contributed by atoms with Crippen LogP contribution >= 0.6 is 0 Å². The molecule has 0 unspecified atom stereocenters. The van der Waals surface area contributed by atoms with Crippen molar-refractivity contribution >= 4 is 11.8 Å². The van der Waals surface area contributed by atoms with E-state index in [1.807, 2.05) is 25.1 Å². The van der Waals surface area contributed by atoms with E-state index in [4.69, 9.17) is 0 Å². The minimum absolute atomic E-state index is 0.164. The fourth-order valence-corrected chi connectivity index (χ4v) is 2.70. The van der Waals surface area contributed by atoms with Crippen molar-refractivity contribution in [2.45, 2.75) is 38.1 Å². The first-order valence-electron chi connectivity index (χ1n) is 7.10. The molecule has 0 spiro atoms. The van der Waals surface area contributed by atoms with Gasteiger partial charge in [-0.05, 0) is 18.9 Å². The number of aliphatic hydroxyl groups is 1. The first-order valence-corrected chi connectivity index (χ1v) is 7.10. The van der Waals surface area contributed by atoms with Crippen LogP contribution in [0.3, 0.4) is 0 Å². The molecule has 106 valence electrons. The Morgan fingerprint density at radius 3 is 2.63 bits per heavy atom. The molecule has 0 radical (unpaired) electrons. The van der Waals surface area contributed by atoms with Crippen LogP contribution in [0.2, 0.25) is 0 Å². The summed E-state index contributed by atoms with van der Waals surface area (Å²) in [4.78, 5) is 13.0. The molecule has 1 aliphatic rings. The molecule has 0 bridgehead atoms. The van der Waals surface area contributed by atoms with Crippen molar-refractivity contribution in [3.63, 3.8) is 0 Å². The Morgan fingerprint density at radius 1 is 1.26 bits per heavy atom. The number of hydrogen-bond acceptors (Lipinski definition) is 5. The summed E-state index contributed by atoms with van der Waals surface area (Å²) >= 11 is 0. The third kappa shape index (κ3) is 3.56. The molecular formula is C14H24N4O. The van der Waals surface area contributed by atoms with Crippen LogP contribution in [0.1, 0.15) is 32.1 Å². The van der Waals surface area contributed by atoms with Crippen molar-refractivity contribution in [1.29, 1.82) is 0 Å². The molecule has 1 fully saturated rings. The average Bonchev–Trinajstić information content (AvgIpc) is 2.46. The first-order chi connectivity index (χ1) is 9.22. The van der Waals surface area contributed by atoms with Gasteiger partial charge in [0.15, 0.2) is 0 Å². The van der Waals surface area contributed by atoms with Gasteiger partial charge in [0.05, 0.1) is 6.61 Å². The fourth-order valence-electron chi connectivity index (χ4n) is 2.70. The molecule has 1 heterocycles. The normalized spacial score (nSPS) is 16.4. The van der Waals surface area contributed by atoms with E-state index in [0.717, 1.165) is 11.8 Å². The second-order valence-corrected chi connectivity index (χ2v) is 5.32. The molecule has 5 nitrogen and oxygen atoms in total. The summed E-state index contributed by atoms with van der Waals surface area (Å²) in [5, 5.41) is 9.31. The highest BCUT2D eigenvalue weighted by molar-refractivity contribution is 5.44. The van der Waals surface area contributed by atoms with E-state index in [0.29, 0.717) is 12.6 Å². The number of hydrogen-bond donors (Lipinski definition) is 1. The van der Waals surface area contributed by atoms with Gasteiger partial charge in [-0.2, -0.15) is 4.98 Å². The van der Waals surface area contributed by atoms with Crippen LogP contribution in [0, 0.1) is 0 Å². The molecule has 1 aliphatic carbocycles. The lowest BCUT2D eigenvalue weighted by Gasteiger charge is -2.35. The molecule has 1 aromatic rings. The van der Waals surface area contributed by atoms with Gasteiger partial charge in [0.25, 0.3) is 0 Å². The quantitative estimate of drug-likeness (QED) is 0.877. The third-order valence-corrected chi connectivity index (χ3v) is 3.68. The third-order valence-electron chi connectivity index (χ3n) is 3.68. The number of nitrogens with zero attached hydrogens (tertiary/aromatic N) is 4. The highest BCUT2D eigenvalue weighted by atomic mass is 16.3. The van der Waals surface area contributed by atoms with Crippen LogP contribution in [0.4, 0.5) is 11.8 Å². The van der Waals surface area contributed by atoms with Gasteiger partial charge in [0.2, 0.25) is 5.95 Å². The zero-order chi connectivity index (χ0) is 13.7. The van der Waals surface area contributed by atoms with Crippen LogP contribution in [0.15, 0.2) is 12.3 Å². The molecule has 0 aromatic carbocycles. The summed E-state index contributed by atoms with van der Waals surface area (Å²) in [5.41, 5.74) is 0. The van der Waals surface area contributed by atoms with Crippen LogP contribution in [0.25, 0.3) is 0 Å². The summed E-state index contributed by atoms with van der Waals surface area (Å²) in [6.45, 7) is 0.812. The van der Waals surface area contributed by atoms with Gasteiger partial charge in [-0.15, -0.1) is 0 Å². The smallest absolute Gasteiger partial charge is 0.226 e. The van der Waals surface area contributed by atoms with E-state index in [1.54, 1.807) is 6.20 Å². The molecule has 1 aromatic heterocycles. The SMILES string of the molecule is CN(C)c1nccc(N(CCO)C2CCCCC2)n1. The van der Waals surface area contributed by atoms with Crippen molar-refractivity contribution in [3.8, 4) is 0 Å². The fraction of sp³-hybridized carbons (Fsp3) is 0.714. The second-order valence-electron chi connectivity index (χ2n) is 5.32. The molecular weight excluding hydrogens is 240 g/mol. The van der Waals surface area contributed by atoms with Crippen molar-refractivity contribution < 1.29 is 5.11 Å². The highest BCUT2D eigenvalue weighted by Gasteiger charge is 2.22. The van der Waals surface area contributed by atoms with E-state index >= 15 is 0 Å². The van der Waals surface area contributed by atoms with Gasteiger partial charge in [0, 0.05) is 32.9 Å². The van der Waals surface area contributed by atoms with E-state index < -0.39 is 0 Å². The minimum Gasteiger partial charge on any atom is -0.395 e. The number of rotatable bonds is 5. The van der Waals surface area contributed by atoms with Gasteiger partial charge in [-0.1, -0.05) is 19.3 Å². The van der Waals surface area contributed by atoms with Gasteiger partial charge in [-0.3, -0.25) is 0 Å². The Kier molecular flexibility index (Phi) is 4.96. The summed E-state index contributed by atoms with van der Waals surface area (Å²) in [7, 11) is 3.88. The average molecular weight is 264 g/mol. The lowest BCUT2D eigenvalue weighted by molar-refractivity contribution is 0.289. The van der Waals surface area contributed by atoms with E-state index in [-0.39, 0.29) is 6.61 Å². The Hall–Kier alpha value is -1.36. The van der Waals surface area contributed by atoms with Gasteiger partial charge >= 0.3 is 0 Å². The molecule has 0 aliphatic heterocycles. The molecule has 19 heavy (non-hydrogen) atoms. The van der Waals surface area contributed by atoms with E-state index in [9.17, 15) is 5.11 Å². The van der Waals surface area contributed by atoms with E-state index in [2.05, 4.69) is 14.9 Å². The Balaban J connectivity index is 2.19. The van der Waals surface area contributed by atoms with Crippen LogP contribution in [-0.2, 0) is 0 Å². The Labute approximate surface area is 115 Å². The van der Waals surface area contributed by atoms with Gasteiger partial charge in [-0.25, -0.2) is 4.98 Å². The number of anilines is 2. The first kappa shape index (κ1) is 14.1. The Bertz CT molecular complexity index is 391. The zero-order valence-electron chi connectivity index (χ0n) is 11.9. The van der Waals surface area contributed by atoms with Crippen molar-refractivity contribution in [2.75, 3.05) is 37.0 Å². The van der Waals surface area contributed by atoms with Crippen molar-refractivity contribution in [1.82, 2.24) is 9.97 Å². The number of aromatic nitrogens is 2. The molecule has 0 atom stereocenters. The lowest BCUT2D eigenvalue weighted by Crippen LogP contribution is -2.39. The molecule has 1 saturated carbocycles. The topological polar surface area (TPSA) is 52.5 Å². The zero-order valence-corrected chi connectivity index (χ0v) is 11.9. The summed E-state index contributed by atoms with van der Waals surface area (Å²) < 4.78 is 0. The predicted molar refractivity (Wildman–Crippen MR) is 77.7 cm³/mol. The maximum atomic E-state index is 9.31. The lowest BCUT2D eigenvalue weighted by atomic mass is 9.94.